The number of aliphatic hydroxyl groups is 1. The van der Waals surface area contributed by atoms with Crippen LogP contribution in [0.25, 0.3) is 0 Å². The predicted molar refractivity (Wildman–Crippen MR) is 77.2 cm³/mol. The molecule has 2 rings (SSSR count). The first-order valence-corrected chi connectivity index (χ1v) is 6.78. The highest BCUT2D eigenvalue weighted by molar-refractivity contribution is 5.94. The van der Waals surface area contributed by atoms with E-state index in [9.17, 15) is 9.18 Å². The summed E-state index contributed by atoms with van der Waals surface area (Å²) in [6.07, 6.45) is 3.56. The van der Waals surface area contributed by atoms with Crippen LogP contribution in [0.2, 0.25) is 0 Å². The molecule has 0 radical (unpaired) electrons. The van der Waals surface area contributed by atoms with Gasteiger partial charge in [-0.05, 0) is 24.5 Å². The topological polar surface area (TPSA) is 62.2 Å². The Morgan fingerprint density at radius 2 is 2.05 bits per heavy atom. The van der Waals surface area contributed by atoms with Crippen molar-refractivity contribution in [2.75, 3.05) is 6.61 Å². The molecule has 1 aromatic carbocycles. The van der Waals surface area contributed by atoms with Crippen LogP contribution in [-0.4, -0.2) is 22.6 Å². The summed E-state index contributed by atoms with van der Waals surface area (Å²) in [5, 5.41) is 11.8. The minimum atomic E-state index is -0.547. The second-order valence-corrected chi connectivity index (χ2v) is 4.69. The van der Waals surface area contributed by atoms with Gasteiger partial charge in [0.15, 0.2) is 0 Å². The number of halogens is 1. The Morgan fingerprint density at radius 1 is 1.29 bits per heavy atom. The first-order valence-electron chi connectivity index (χ1n) is 6.78. The Kier molecular flexibility index (Phi) is 5.40. The van der Waals surface area contributed by atoms with E-state index in [0.717, 1.165) is 17.8 Å². The number of nitrogens with one attached hydrogen (secondary N) is 1. The molecule has 110 valence electrons. The smallest absolute Gasteiger partial charge is 0.253 e. The molecule has 0 aliphatic rings. The molecule has 2 aromatic rings. The van der Waals surface area contributed by atoms with Crippen molar-refractivity contribution in [1.29, 1.82) is 0 Å². The first-order chi connectivity index (χ1) is 10.2. The molecular weight excluding hydrogens is 271 g/mol. The van der Waals surface area contributed by atoms with Gasteiger partial charge >= 0.3 is 0 Å². The second-order valence-electron chi connectivity index (χ2n) is 4.69. The standard InChI is InChI=1S/C16H17FN2O2/c17-14-9-13(10-18-11-14)16(21)19-15(7-4-8-20)12-5-2-1-3-6-12/h1-3,5-6,9-11,15,20H,4,7-8H2,(H,19,21). The first kappa shape index (κ1) is 15.1. The average molecular weight is 288 g/mol. The number of carbonyl (C=O) groups excluding carboxylic acids is 1. The van der Waals surface area contributed by atoms with E-state index in [2.05, 4.69) is 10.3 Å². The molecule has 1 aromatic heterocycles. The SMILES string of the molecule is O=C(NC(CCCO)c1ccccc1)c1cncc(F)c1. The van der Waals surface area contributed by atoms with Crippen LogP contribution in [0, 0.1) is 5.82 Å². The van der Waals surface area contributed by atoms with E-state index in [1.165, 1.54) is 6.20 Å². The largest absolute Gasteiger partial charge is 0.396 e. The number of amides is 1. The highest BCUT2D eigenvalue weighted by Gasteiger charge is 2.16. The van der Waals surface area contributed by atoms with Gasteiger partial charge in [0.25, 0.3) is 5.91 Å². The van der Waals surface area contributed by atoms with Crippen molar-refractivity contribution in [3.63, 3.8) is 0 Å². The molecule has 0 aliphatic carbocycles. The predicted octanol–water partition coefficient (Wildman–Crippen LogP) is 2.46. The lowest BCUT2D eigenvalue weighted by atomic mass is 10.0. The van der Waals surface area contributed by atoms with Crippen molar-refractivity contribution in [1.82, 2.24) is 10.3 Å². The Bertz CT molecular complexity index is 590. The molecule has 0 bridgehead atoms. The molecule has 0 spiro atoms. The van der Waals surface area contributed by atoms with Crippen molar-refractivity contribution in [2.45, 2.75) is 18.9 Å². The zero-order valence-electron chi connectivity index (χ0n) is 11.5. The van der Waals surface area contributed by atoms with Crippen LogP contribution in [0.4, 0.5) is 4.39 Å². The Hall–Kier alpha value is -2.27. The number of benzene rings is 1. The van der Waals surface area contributed by atoms with Gasteiger partial charge in [-0.25, -0.2) is 4.39 Å². The van der Waals surface area contributed by atoms with Crippen molar-refractivity contribution in [3.8, 4) is 0 Å². The normalized spacial score (nSPS) is 11.9. The molecule has 1 atom stereocenters. The van der Waals surface area contributed by atoms with Crippen LogP contribution in [0.3, 0.4) is 0 Å². The molecule has 0 fully saturated rings. The summed E-state index contributed by atoms with van der Waals surface area (Å²) in [7, 11) is 0. The Labute approximate surface area is 122 Å². The molecule has 21 heavy (non-hydrogen) atoms. The van der Waals surface area contributed by atoms with Crippen molar-refractivity contribution >= 4 is 5.91 Å². The van der Waals surface area contributed by atoms with Gasteiger partial charge in [-0.1, -0.05) is 30.3 Å². The number of carbonyl (C=O) groups is 1. The number of nitrogens with zero attached hydrogens (tertiary/aromatic N) is 1. The minimum Gasteiger partial charge on any atom is -0.396 e. The molecule has 1 unspecified atom stereocenters. The van der Waals surface area contributed by atoms with E-state index in [1.54, 1.807) is 0 Å². The number of aliphatic hydroxyl groups excluding tert-OH is 1. The van der Waals surface area contributed by atoms with Gasteiger partial charge in [0.2, 0.25) is 0 Å². The summed E-state index contributed by atoms with van der Waals surface area (Å²) in [4.78, 5) is 15.8. The zero-order chi connectivity index (χ0) is 15.1. The number of aromatic nitrogens is 1. The summed E-state index contributed by atoms with van der Waals surface area (Å²) < 4.78 is 13.1. The molecular formula is C16H17FN2O2. The fourth-order valence-electron chi connectivity index (χ4n) is 2.08. The Balaban J connectivity index is 2.13. The van der Waals surface area contributed by atoms with E-state index in [1.807, 2.05) is 30.3 Å². The van der Waals surface area contributed by atoms with Crippen LogP contribution in [0.15, 0.2) is 48.8 Å². The summed E-state index contributed by atoms with van der Waals surface area (Å²) >= 11 is 0. The fourth-order valence-corrected chi connectivity index (χ4v) is 2.08. The summed E-state index contributed by atoms with van der Waals surface area (Å²) in [6.45, 7) is 0.0563. The van der Waals surface area contributed by atoms with E-state index in [0.29, 0.717) is 12.8 Å². The molecule has 0 saturated carbocycles. The van der Waals surface area contributed by atoms with Crippen LogP contribution >= 0.6 is 0 Å². The lowest BCUT2D eigenvalue weighted by molar-refractivity contribution is 0.0931. The average Bonchev–Trinajstić information content (AvgIpc) is 2.52. The van der Waals surface area contributed by atoms with Crippen LogP contribution in [-0.2, 0) is 0 Å². The number of hydrogen-bond acceptors (Lipinski definition) is 3. The lowest BCUT2D eigenvalue weighted by Crippen LogP contribution is -2.29. The molecule has 1 heterocycles. The lowest BCUT2D eigenvalue weighted by Gasteiger charge is -2.19. The summed E-state index contributed by atoms with van der Waals surface area (Å²) in [6, 6.07) is 10.4. The van der Waals surface area contributed by atoms with Gasteiger partial charge in [0.1, 0.15) is 5.82 Å². The van der Waals surface area contributed by atoms with Gasteiger partial charge in [-0.2, -0.15) is 0 Å². The number of pyridine rings is 1. The minimum absolute atomic E-state index is 0.0563. The molecule has 1 amide bonds. The van der Waals surface area contributed by atoms with Crippen molar-refractivity contribution in [2.24, 2.45) is 0 Å². The molecule has 0 aliphatic heterocycles. The molecule has 4 nitrogen and oxygen atoms in total. The third-order valence-electron chi connectivity index (χ3n) is 3.13. The third kappa shape index (κ3) is 4.36. The van der Waals surface area contributed by atoms with Gasteiger partial charge in [0.05, 0.1) is 17.8 Å². The number of hydrogen-bond donors (Lipinski definition) is 2. The van der Waals surface area contributed by atoms with Crippen molar-refractivity contribution < 1.29 is 14.3 Å². The van der Waals surface area contributed by atoms with Crippen LogP contribution < -0.4 is 5.32 Å². The van der Waals surface area contributed by atoms with Gasteiger partial charge in [-0.15, -0.1) is 0 Å². The third-order valence-corrected chi connectivity index (χ3v) is 3.13. The molecule has 0 saturated heterocycles. The summed E-state index contributed by atoms with van der Waals surface area (Å²) in [5.41, 5.74) is 1.13. The fraction of sp³-hybridized carbons (Fsp3) is 0.250. The number of rotatable bonds is 6. The Morgan fingerprint density at radius 3 is 2.71 bits per heavy atom. The quantitative estimate of drug-likeness (QED) is 0.858. The van der Waals surface area contributed by atoms with Crippen LogP contribution in [0.5, 0.6) is 0 Å². The van der Waals surface area contributed by atoms with Gasteiger partial charge < -0.3 is 10.4 Å². The van der Waals surface area contributed by atoms with E-state index in [4.69, 9.17) is 5.11 Å². The van der Waals surface area contributed by atoms with Gasteiger partial charge in [0, 0.05) is 12.8 Å². The van der Waals surface area contributed by atoms with Crippen molar-refractivity contribution in [3.05, 3.63) is 65.7 Å². The maximum atomic E-state index is 13.1. The van der Waals surface area contributed by atoms with Crippen LogP contribution in [0.1, 0.15) is 34.8 Å². The highest BCUT2D eigenvalue weighted by Crippen LogP contribution is 2.18. The maximum absolute atomic E-state index is 13.1. The van der Waals surface area contributed by atoms with E-state index < -0.39 is 5.82 Å². The van der Waals surface area contributed by atoms with E-state index >= 15 is 0 Å². The second kappa shape index (κ2) is 7.50. The summed E-state index contributed by atoms with van der Waals surface area (Å²) in [5.74, 6) is -0.928. The zero-order valence-corrected chi connectivity index (χ0v) is 11.5. The molecule has 2 N–H and O–H groups in total. The van der Waals surface area contributed by atoms with E-state index in [-0.39, 0.29) is 24.1 Å². The monoisotopic (exact) mass is 288 g/mol. The highest BCUT2D eigenvalue weighted by atomic mass is 19.1. The molecule has 5 heteroatoms. The maximum Gasteiger partial charge on any atom is 0.253 e. The van der Waals surface area contributed by atoms with Gasteiger partial charge in [-0.3, -0.25) is 9.78 Å².